The number of ether oxygens (including phenoxy) is 1. The van der Waals surface area contributed by atoms with Crippen molar-refractivity contribution in [3.8, 4) is 5.75 Å². The molecule has 1 aromatic heterocycles. The van der Waals surface area contributed by atoms with E-state index in [0.29, 0.717) is 12.0 Å². The predicted octanol–water partition coefficient (Wildman–Crippen LogP) is 4.16. The van der Waals surface area contributed by atoms with Crippen molar-refractivity contribution >= 4 is 16.6 Å². The molecule has 0 aliphatic heterocycles. The average Bonchev–Trinajstić information content (AvgIpc) is 2.51. The van der Waals surface area contributed by atoms with Crippen LogP contribution < -0.4 is 10.5 Å². The second-order valence-electron chi connectivity index (χ2n) is 5.66. The predicted molar refractivity (Wildman–Crippen MR) is 82.8 cm³/mol. The van der Waals surface area contributed by atoms with E-state index in [2.05, 4.69) is 11.9 Å². The summed E-state index contributed by atoms with van der Waals surface area (Å²) < 4.78 is 6.31. The summed E-state index contributed by atoms with van der Waals surface area (Å²) >= 11 is 0. The van der Waals surface area contributed by atoms with Crippen LogP contribution in [0.4, 0.5) is 5.69 Å². The summed E-state index contributed by atoms with van der Waals surface area (Å²) in [5.41, 5.74) is 7.66. The van der Waals surface area contributed by atoms with Crippen LogP contribution in [0.2, 0.25) is 0 Å². The van der Waals surface area contributed by atoms with E-state index in [9.17, 15) is 0 Å². The molecule has 3 rings (SSSR count). The molecule has 1 saturated carbocycles. The van der Waals surface area contributed by atoms with Gasteiger partial charge < -0.3 is 10.5 Å². The highest BCUT2D eigenvalue weighted by Gasteiger charge is 2.25. The number of nitrogens with zero attached hydrogens (tertiary/aromatic N) is 1. The molecule has 2 atom stereocenters. The molecule has 1 fully saturated rings. The molecule has 0 amide bonds. The quantitative estimate of drug-likeness (QED) is 0.852. The lowest BCUT2D eigenvalue weighted by Gasteiger charge is -2.31. The van der Waals surface area contributed by atoms with Gasteiger partial charge in [-0.2, -0.15) is 0 Å². The van der Waals surface area contributed by atoms with Crippen LogP contribution >= 0.6 is 0 Å². The first-order chi connectivity index (χ1) is 9.79. The van der Waals surface area contributed by atoms with Crippen molar-refractivity contribution in [1.82, 2.24) is 4.98 Å². The normalized spacial score (nSPS) is 22.9. The van der Waals surface area contributed by atoms with Gasteiger partial charge in [-0.05, 0) is 55.9 Å². The Balaban J connectivity index is 1.92. The summed E-state index contributed by atoms with van der Waals surface area (Å²) in [5.74, 6) is 1.54. The van der Waals surface area contributed by atoms with E-state index in [1.54, 1.807) is 6.20 Å². The number of nitrogen functional groups attached to an aromatic ring is 1. The Labute approximate surface area is 120 Å². The molecular formula is C17H22N2O. The van der Waals surface area contributed by atoms with Gasteiger partial charge in [-0.1, -0.05) is 13.3 Å². The van der Waals surface area contributed by atoms with Crippen LogP contribution in [0.25, 0.3) is 10.9 Å². The number of aromatic nitrogens is 1. The molecule has 20 heavy (non-hydrogen) atoms. The minimum atomic E-state index is 0.322. The summed E-state index contributed by atoms with van der Waals surface area (Å²) in [4.78, 5) is 4.45. The van der Waals surface area contributed by atoms with Gasteiger partial charge in [-0.15, -0.1) is 0 Å². The summed E-state index contributed by atoms with van der Waals surface area (Å²) in [6, 6.07) is 7.80. The van der Waals surface area contributed by atoms with Crippen molar-refractivity contribution < 1.29 is 4.74 Å². The van der Waals surface area contributed by atoms with E-state index in [1.807, 2.05) is 24.3 Å². The second kappa shape index (κ2) is 5.70. The van der Waals surface area contributed by atoms with E-state index in [0.717, 1.165) is 28.8 Å². The Bertz CT molecular complexity index is 597. The van der Waals surface area contributed by atoms with Crippen LogP contribution in [0.1, 0.15) is 39.0 Å². The first-order valence-corrected chi connectivity index (χ1v) is 7.59. The zero-order chi connectivity index (χ0) is 13.9. The smallest absolute Gasteiger partial charge is 0.146 e. The highest BCUT2D eigenvalue weighted by molar-refractivity contribution is 5.94. The minimum Gasteiger partial charge on any atom is -0.488 e. The van der Waals surface area contributed by atoms with Gasteiger partial charge >= 0.3 is 0 Å². The third-order valence-electron chi connectivity index (χ3n) is 4.41. The zero-order valence-corrected chi connectivity index (χ0v) is 12.0. The van der Waals surface area contributed by atoms with Crippen LogP contribution in [-0.4, -0.2) is 11.1 Å². The maximum atomic E-state index is 6.31. The number of hydrogen-bond donors (Lipinski definition) is 1. The maximum Gasteiger partial charge on any atom is 0.146 e. The summed E-state index contributed by atoms with van der Waals surface area (Å²) in [7, 11) is 0. The van der Waals surface area contributed by atoms with Gasteiger partial charge in [-0.3, -0.25) is 4.98 Å². The molecule has 2 aromatic rings. The topological polar surface area (TPSA) is 48.1 Å². The molecule has 106 valence electrons. The highest BCUT2D eigenvalue weighted by atomic mass is 16.5. The molecule has 1 aliphatic carbocycles. The van der Waals surface area contributed by atoms with E-state index in [4.69, 9.17) is 10.5 Å². The van der Waals surface area contributed by atoms with Gasteiger partial charge in [-0.25, -0.2) is 0 Å². The molecule has 1 aromatic carbocycles. The van der Waals surface area contributed by atoms with Crippen molar-refractivity contribution in [1.29, 1.82) is 0 Å². The Kier molecular flexibility index (Phi) is 3.77. The van der Waals surface area contributed by atoms with E-state index < -0.39 is 0 Å². The molecule has 2 N–H and O–H groups in total. The van der Waals surface area contributed by atoms with Crippen molar-refractivity contribution in [2.45, 2.75) is 45.1 Å². The second-order valence-corrected chi connectivity index (χ2v) is 5.66. The molecule has 0 spiro atoms. The van der Waals surface area contributed by atoms with Gasteiger partial charge in [0.25, 0.3) is 0 Å². The van der Waals surface area contributed by atoms with Gasteiger partial charge in [0.15, 0.2) is 0 Å². The standard InChI is InChI=1S/C17H22N2O/c1-2-12-6-3-4-8-15(12)20-16-10-9-14(18)13-7-5-11-19-17(13)16/h5,7,9-12,15H,2-4,6,8,18H2,1H3. The molecule has 0 radical (unpaired) electrons. The van der Waals surface area contributed by atoms with E-state index in [-0.39, 0.29) is 0 Å². The Morgan fingerprint density at radius 1 is 1.25 bits per heavy atom. The fourth-order valence-electron chi connectivity index (χ4n) is 3.22. The molecule has 2 unspecified atom stereocenters. The van der Waals surface area contributed by atoms with E-state index >= 15 is 0 Å². The van der Waals surface area contributed by atoms with Gasteiger partial charge in [0.2, 0.25) is 0 Å². The van der Waals surface area contributed by atoms with Crippen LogP contribution in [0.15, 0.2) is 30.5 Å². The first-order valence-electron chi connectivity index (χ1n) is 7.59. The number of fused-ring (bicyclic) bond motifs is 1. The van der Waals surface area contributed by atoms with Crippen LogP contribution in [0.3, 0.4) is 0 Å². The Morgan fingerprint density at radius 3 is 2.95 bits per heavy atom. The number of hydrogen-bond acceptors (Lipinski definition) is 3. The Morgan fingerprint density at radius 2 is 2.10 bits per heavy atom. The fraction of sp³-hybridized carbons (Fsp3) is 0.471. The number of nitrogens with two attached hydrogens (primary N) is 1. The van der Waals surface area contributed by atoms with E-state index in [1.165, 1.54) is 25.7 Å². The SMILES string of the molecule is CCC1CCCCC1Oc1ccc(N)c2cccnc12. The molecule has 1 aliphatic rings. The van der Waals surface area contributed by atoms with Crippen LogP contribution in [0, 0.1) is 5.92 Å². The van der Waals surface area contributed by atoms with Gasteiger partial charge in [0.1, 0.15) is 17.4 Å². The van der Waals surface area contributed by atoms with Gasteiger partial charge in [0, 0.05) is 17.3 Å². The third-order valence-corrected chi connectivity index (χ3v) is 4.41. The molecule has 3 heteroatoms. The Hall–Kier alpha value is -1.77. The lowest BCUT2D eigenvalue weighted by Crippen LogP contribution is -2.30. The molecule has 1 heterocycles. The summed E-state index contributed by atoms with van der Waals surface area (Å²) in [6.07, 6.45) is 8.33. The minimum absolute atomic E-state index is 0.322. The highest BCUT2D eigenvalue weighted by Crippen LogP contribution is 2.34. The van der Waals surface area contributed by atoms with Crippen molar-refractivity contribution in [3.05, 3.63) is 30.5 Å². The fourth-order valence-corrected chi connectivity index (χ4v) is 3.22. The van der Waals surface area contributed by atoms with Crippen molar-refractivity contribution in [3.63, 3.8) is 0 Å². The summed E-state index contributed by atoms with van der Waals surface area (Å²) in [5, 5.41) is 0.980. The number of pyridine rings is 1. The van der Waals surface area contributed by atoms with Crippen LogP contribution in [-0.2, 0) is 0 Å². The number of benzene rings is 1. The lowest BCUT2D eigenvalue weighted by molar-refractivity contribution is 0.0917. The number of rotatable bonds is 3. The molecule has 0 saturated heterocycles. The first kappa shape index (κ1) is 13.2. The van der Waals surface area contributed by atoms with Crippen LogP contribution in [0.5, 0.6) is 5.75 Å². The summed E-state index contributed by atoms with van der Waals surface area (Å²) in [6.45, 7) is 2.26. The number of anilines is 1. The van der Waals surface area contributed by atoms with Gasteiger partial charge in [0.05, 0.1) is 0 Å². The molecule has 3 nitrogen and oxygen atoms in total. The molecule has 0 bridgehead atoms. The van der Waals surface area contributed by atoms with Crippen molar-refractivity contribution in [2.75, 3.05) is 5.73 Å². The zero-order valence-electron chi connectivity index (χ0n) is 12.0. The molecular weight excluding hydrogens is 248 g/mol. The third kappa shape index (κ3) is 2.45. The average molecular weight is 270 g/mol. The van der Waals surface area contributed by atoms with Crippen molar-refractivity contribution in [2.24, 2.45) is 5.92 Å². The monoisotopic (exact) mass is 270 g/mol. The largest absolute Gasteiger partial charge is 0.488 e. The lowest BCUT2D eigenvalue weighted by atomic mass is 9.85. The maximum absolute atomic E-state index is 6.31.